The number of aliphatic hydroxyl groups excluding tert-OH is 1. The van der Waals surface area contributed by atoms with E-state index in [9.17, 15) is 9.59 Å². The summed E-state index contributed by atoms with van der Waals surface area (Å²) in [7, 11) is 0. The third kappa shape index (κ3) is 4.98. The summed E-state index contributed by atoms with van der Waals surface area (Å²) in [5.41, 5.74) is 0.309. The SMILES string of the molecule is CC(C)(C)OC(=O)c1ccc(C(=O)C(S)CCO)cc1. The van der Waals surface area contributed by atoms with Crippen molar-refractivity contribution in [2.75, 3.05) is 6.61 Å². The minimum atomic E-state index is -0.553. The van der Waals surface area contributed by atoms with Crippen LogP contribution >= 0.6 is 12.6 Å². The largest absolute Gasteiger partial charge is 0.456 e. The highest BCUT2D eigenvalue weighted by atomic mass is 32.1. The Labute approximate surface area is 124 Å². The molecule has 0 bridgehead atoms. The number of ketones is 1. The fourth-order valence-electron chi connectivity index (χ4n) is 1.55. The molecule has 1 N–H and O–H groups in total. The van der Waals surface area contributed by atoms with Crippen molar-refractivity contribution in [3.05, 3.63) is 35.4 Å². The molecule has 0 aliphatic heterocycles. The van der Waals surface area contributed by atoms with Crippen molar-refractivity contribution in [3.63, 3.8) is 0 Å². The average molecular weight is 296 g/mol. The van der Waals surface area contributed by atoms with E-state index in [1.54, 1.807) is 45.0 Å². The van der Waals surface area contributed by atoms with Crippen LogP contribution in [0.5, 0.6) is 0 Å². The summed E-state index contributed by atoms with van der Waals surface area (Å²) < 4.78 is 5.24. The van der Waals surface area contributed by atoms with Gasteiger partial charge in [0.15, 0.2) is 5.78 Å². The van der Waals surface area contributed by atoms with Crippen molar-refractivity contribution < 1.29 is 19.4 Å². The Morgan fingerprint density at radius 1 is 1.20 bits per heavy atom. The number of thiol groups is 1. The summed E-state index contributed by atoms with van der Waals surface area (Å²) in [4.78, 5) is 23.8. The normalized spacial score (nSPS) is 12.8. The topological polar surface area (TPSA) is 63.6 Å². The number of ether oxygens (including phenoxy) is 1. The van der Waals surface area contributed by atoms with E-state index in [-0.39, 0.29) is 12.4 Å². The summed E-state index contributed by atoms with van der Waals surface area (Å²) >= 11 is 4.14. The van der Waals surface area contributed by atoms with Crippen LogP contribution in [-0.2, 0) is 4.74 Å². The third-order valence-electron chi connectivity index (χ3n) is 2.51. The van der Waals surface area contributed by atoms with Crippen LogP contribution in [0.4, 0.5) is 0 Å². The van der Waals surface area contributed by atoms with Gasteiger partial charge in [0.1, 0.15) is 5.60 Å². The van der Waals surface area contributed by atoms with Crippen LogP contribution in [0.15, 0.2) is 24.3 Å². The van der Waals surface area contributed by atoms with Crippen LogP contribution in [0.1, 0.15) is 47.9 Å². The van der Waals surface area contributed by atoms with Gasteiger partial charge in [0.2, 0.25) is 0 Å². The first-order chi connectivity index (χ1) is 9.24. The molecule has 0 fully saturated rings. The van der Waals surface area contributed by atoms with E-state index >= 15 is 0 Å². The first-order valence-electron chi connectivity index (χ1n) is 6.41. The second-order valence-electron chi connectivity index (χ2n) is 5.47. The quantitative estimate of drug-likeness (QED) is 0.498. The van der Waals surface area contributed by atoms with Gasteiger partial charge in [0.25, 0.3) is 0 Å². The van der Waals surface area contributed by atoms with Crippen LogP contribution < -0.4 is 0 Å². The first-order valence-corrected chi connectivity index (χ1v) is 6.93. The molecule has 0 aliphatic carbocycles. The standard InChI is InChI=1S/C15H20O4S/c1-15(2,3)19-14(18)11-6-4-10(5-7-11)13(17)12(20)8-9-16/h4-7,12,16,20H,8-9H2,1-3H3. The molecule has 0 aromatic heterocycles. The highest BCUT2D eigenvalue weighted by Crippen LogP contribution is 2.15. The lowest BCUT2D eigenvalue weighted by Gasteiger charge is -2.19. The summed E-state index contributed by atoms with van der Waals surface area (Å²) in [5, 5.41) is 8.26. The van der Waals surface area contributed by atoms with Gasteiger partial charge in [0.05, 0.1) is 10.8 Å². The molecule has 5 heteroatoms. The lowest BCUT2D eigenvalue weighted by molar-refractivity contribution is 0.00693. The maximum absolute atomic E-state index is 11.9. The zero-order valence-electron chi connectivity index (χ0n) is 11.9. The molecule has 0 spiro atoms. The molecule has 0 aliphatic rings. The summed E-state index contributed by atoms with van der Waals surface area (Å²) in [6.45, 7) is 5.30. The van der Waals surface area contributed by atoms with Crippen molar-refractivity contribution in [2.45, 2.75) is 38.0 Å². The zero-order chi connectivity index (χ0) is 15.3. The minimum Gasteiger partial charge on any atom is -0.456 e. The van der Waals surface area contributed by atoms with Crippen molar-refractivity contribution >= 4 is 24.4 Å². The highest BCUT2D eigenvalue weighted by Gasteiger charge is 2.19. The molecular formula is C15H20O4S. The van der Waals surface area contributed by atoms with Crippen molar-refractivity contribution in [1.29, 1.82) is 0 Å². The number of rotatable bonds is 5. The smallest absolute Gasteiger partial charge is 0.338 e. The lowest BCUT2D eigenvalue weighted by Crippen LogP contribution is -2.24. The molecule has 1 aromatic rings. The van der Waals surface area contributed by atoms with Gasteiger partial charge in [-0.05, 0) is 39.3 Å². The van der Waals surface area contributed by atoms with Crippen LogP contribution in [-0.4, -0.2) is 34.3 Å². The monoisotopic (exact) mass is 296 g/mol. The van der Waals surface area contributed by atoms with Gasteiger partial charge < -0.3 is 9.84 Å². The Bertz CT molecular complexity index is 474. The molecule has 1 unspecified atom stereocenters. The maximum atomic E-state index is 11.9. The number of hydrogen-bond acceptors (Lipinski definition) is 5. The molecule has 1 rings (SSSR count). The Morgan fingerprint density at radius 2 is 1.70 bits per heavy atom. The molecule has 0 amide bonds. The third-order valence-corrected chi connectivity index (χ3v) is 3.00. The van der Waals surface area contributed by atoms with Gasteiger partial charge in [-0.25, -0.2) is 4.79 Å². The Hall–Kier alpha value is -1.33. The number of hydrogen-bond donors (Lipinski definition) is 2. The van der Waals surface area contributed by atoms with E-state index in [4.69, 9.17) is 9.84 Å². The highest BCUT2D eigenvalue weighted by molar-refractivity contribution is 7.81. The predicted octanol–water partition coefficient (Wildman–Crippen LogP) is 2.51. The number of carbonyl (C=O) groups excluding carboxylic acids is 2. The lowest BCUT2D eigenvalue weighted by atomic mass is 10.0. The van der Waals surface area contributed by atoms with Gasteiger partial charge in [0, 0.05) is 12.2 Å². The molecule has 110 valence electrons. The Morgan fingerprint density at radius 3 is 2.15 bits per heavy atom. The van der Waals surface area contributed by atoms with Crippen LogP contribution in [0.25, 0.3) is 0 Å². The second-order valence-corrected chi connectivity index (χ2v) is 6.09. The zero-order valence-corrected chi connectivity index (χ0v) is 12.8. The van der Waals surface area contributed by atoms with Crippen molar-refractivity contribution in [1.82, 2.24) is 0 Å². The minimum absolute atomic E-state index is 0.0874. The Kier molecular flexibility index (Phi) is 5.77. The Balaban J connectivity index is 2.79. The number of benzene rings is 1. The van der Waals surface area contributed by atoms with Gasteiger partial charge in [-0.1, -0.05) is 12.1 Å². The molecule has 0 radical (unpaired) electrons. The number of aliphatic hydroxyl groups is 1. The van der Waals surface area contributed by atoms with E-state index in [2.05, 4.69) is 12.6 Å². The summed E-state index contributed by atoms with van der Waals surface area (Å²) in [6, 6.07) is 6.26. The van der Waals surface area contributed by atoms with Crippen LogP contribution in [0.2, 0.25) is 0 Å². The van der Waals surface area contributed by atoms with Gasteiger partial charge in [-0.15, -0.1) is 0 Å². The molecular weight excluding hydrogens is 276 g/mol. The fourth-order valence-corrected chi connectivity index (χ4v) is 1.82. The first kappa shape index (κ1) is 16.7. The molecule has 20 heavy (non-hydrogen) atoms. The number of esters is 1. The van der Waals surface area contributed by atoms with Crippen molar-refractivity contribution in [2.24, 2.45) is 0 Å². The van der Waals surface area contributed by atoms with E-state index in [1.807, 2.05) is 0 Å². The molecule has 0 heterocycles. The molecule has 0 saturated heterocycles. The van der Waals surface area contributed by atoms with Crippen molar-refractivity contribution in [3.8, 4) is 0 Å². The predicted molar refractivity (Wildman–Crippen MR) is 80.4 cm³/mol. The summed E-state index contributed by atoms with van der Waals surface area (Å²) in [5.74, 6) is -0.590. The maximum Gasteiger partial charge on any atom is 0.338 e. The molecule has 1 aromatic carbocycles. The molecule has 0 saturated carbocycles. The summed E-state index contributed by atoms with van der Waals surface area (Å²) in [6.07, 6.45) is 0.301. The van der Waals surface area contributed by atoms with Gasteiger partial charge >= 0.3 is 5.97 Å². The number of Topliss-reactive ketones (excluding diaryl/α,β-unsaturated/α-hetero) is 1. The van der Waals surface area contributed by atoms with E-state index in [1.165, 1.54) is 0 Å². The fraction of sp³-hybridized carbons (Fsp3) is 0.467. The van der Waals surface area contributed by atoms with Gasteiger partial charge in [-0.2, -0.15) is 12.6 Å². The van der Waals surface area contributed by atoms with Crippen LogP contribution in [0, 0.1) is 0 Å². The molecule has 1 atom stereocenters. The van der Waals surface area contributed by atoms with Crippen LogP contribution in [0.3, 0.4) is 0 Å². The van der Waals surface area contributed by atoms with E-state index < -0.39 is 16.8 Å². The average Bonchev–Trinajstić information content (AvgIpc) is 2.36. The molecule has 4 nitrogen and oxygen atoms in total. The number of carbonyl (C=O) groups is 2. The van der Waals surface area contributed by atoms with E-state index in [0.29, 0.717) is 17.5 Å². The second kappa shape index (κ2) is 6.90. The van der Waals surface area contributed by atoms with E-state index in [0.717, 1.165) is 0 Å². The van der Waals surface area contributed by atoms with Gasteiger partial charge in [-0.3, -0.25) is 4.79 Å².